The molecular weight excluding hydrogens is 821 g/mol. The number of rotatable bonds is 5. The van der Waals surface area contributed by atoms with Crippen molar-refractivity contribution in [2.45, 2.75) is 0 Å². The summed E-state index contributed by atoms with van der Waals surface area (Å²) in [7, 11) is 0. The molecule has 5 heterocycles. The second kappa shape index (κ2) is 14.5. The third kappa shape index (κ3) is 5.67. The second-order valence-electron chi connectivity index (χ2n) is 17.2. The van der Waals surface area contributed by atoms with Gasteiger partial charge in [-0.2, -0.15) is 0 Å². The molecule has 0 atom stereocenters. The lowest BCUT2D eigenvalue weighted by Gasteiger charge is -2.16. The Morgan fingerprint density at radius 2 is 0.924 bits per heavy atom. The number of nitrogens with zero attached hydrogens (tertiary/aromatic N) is 4. The van der Waals surface area contributed by atoms with Gasteiger partial charge in [-0.3, -0.25) is 9.97 Å². The summed E-state index contributed by atoms with van der Waals surface area (Å²) in [6.07, 6.45) is 3.74. The zero-order valence-corrected chi connectivity index (χ0v) is 36.3. The highest BCUT2D eigenvalue weighted by molar-refractivity contribution is 7.17. The van der Waals surface area contributed by atoms with Crippen LogP contribution in [0.5, 0.6) is 0 Å². The first-order chi connectivity index (χ1) is 32.7. The minimum Gasteiger partial charge on any atom is -0.309 e. The van der Waals surface area contributed by atoms with Gasteiger partial charge in [-0.15, -0.1) is 11.3 Å². The van der Waals surface area contributed by atoms with Gasteiger partial charge in [0, 0.05) is 49.8 Å². The van der Waals surface area contributed by atoms with Crippen LogP contribution in [0.25, 0.3) is 136 Å². The third-order valence-electron chi connectivity index (χ3n) is 13.5. The van der Waals surface area contributed by atoms with Crippen molar-refractivity contribution >= 4 is 97.4 Å². The minimum atomic E-state index is 0.848. The van der Waals surface area contributed by atoms with Crippen LogP contribution in [0, 0.1) is 0 Å². The maximum absolute atomic E-state index is 5.48. The van der Waals surface area contributed by atoms with Crippen LogP contribution in [0.2, 0.25) is 0 Å². The normalized spacial score (nSPS) is 11.9. The third-order valence-corrected chi connectivity index (χ3v) is 14.5. The molecule has 0 N–H and O–H groups in total. The Morgan fingerprint density at radius 3 is 1.65 bits per heavy atom. The van der Waals surface area contributed by atoms with Crippen molar-refractivity contribution in [2.24, 2.45) is 0 Å². The highest BCUT2D eigenvalue weighted by Gasteiger charge is 2.21. The highest BCUT2D eigenvalue weighted by Crippen LogP contribution is 2.44. The zero-order chi connectivity index (χ0) is 43.3. The fourth-order valence-electron chi connectivity index (χ4n) is 10.5. The van der Waals surface area contributed by atoms with E-state index in [-0.39, 0.29) is 0 Å². The van der Waals surface area contributed by atoms with Gasteiger partial charge in [0.2, 0.25) is 0 Å². The van der Waals surface area contributed by atoms with Gasteiger partial charge < -0.3 is 4.57 Å². The number of pyridine rings is 3. The Morgan fingerprint density at radius 1 is 0.348 bits per heavy atom. The number of aromatic nitrogens is 4. The molecule has 0 aliphatic carbocycles. The van der Waals surface area contributed by atoms with Gasteiger partial charge in [0.25, 0.3) is 0 Å². The Bertz CT molecular complexity index is 4190. The zero-order valence-electron chi connectivity index (χ0n) is 35.5. The van der Waals surface area contributed by atoms with Gasteiger partial charge in [0.15, 0.2) is 0 Å². The molecule has 9 aromatic carbocycles. The maximum Gasteiger partial charge on any atom is 0.0795 e. The molecular formula is C61H36N4S. The fraction of sp³-hybridized carbons (Fsp3) is 0. The lowest BCUT2D eigenvalue weighted by molar-refractivity contribution is 1.16. The lowest BCUT2D eigenvalue weighted by atomic mass is 9.91. The number of hydrogen-bond donors (Lipinski definition) is 0. The predicted octanol–water partition coefficient (Wildman–Crippen LogP) is 16.6. The minimum absolute atomic E-state index is 0.848. The fourth-order valence-corrected chi connectivity index (χ4v) is 11.4. The van der Waals surface area contributed by atoms with Crippen LogP contribution >= 0.6 is 11.3 Å². The predicted molar refractivity (Wildman–Crippen MR) is 279 cm³/mol. The largest absolute Gasteiger partial charge is 0.309 e. The molecule has 0 saturated carbocycles. The van der Waals surface area contributed by atoms with E-state index >= 15 is 0 Å². The van der Waals surface area contributed by atoms with Crippen molar-refractivity contribution in [1.82, 2.24) is 19.5 Å². The van der Waals surface area contributed by atoms with Crippen LogP contribution < -0.4 is 0 Å². The van der Waals surface area contributed by atoms with Crippen molar-refractivity contribution in [3.05, 3.63) is 218 Å². The van der Waals surface area contributed by atoms with Crippen molar-refractivity contribution in [3.63, 3.8) is 0 Å². The van der Waals surface area contributed by atoms with E-state index < -0.39 is 0 Å². The van der Waals surface area contributed by atoms with Gasteiger partial charge in [0.05, 0.1) is 39.1 Å². The van der Waals surface area contributed by atoms with Gasteiger partial charge in [-0.05, 0) is 126 Å². The van der Waals surface area contributed by atoms with Gasteiger partial charge >= 0.3 is 0 Å². The summed E-state index contributed by atoms with van der Waals surface area (Å²) < 4.78 is 3.77. The molecule has 0 aliphatic heterocycles. The highest BCUT2D eigenvalue weighted by atomic mass is 32.1. The van der Waals surface area contributed by atoms with E-state index in [1.165, 1.54) is 75.4 Å². The quantitative estimate of drug-likeness (QED) is 0.162. The van der Waals surface area contributed by atoms with E-state index in [1.807, 2.05) is 35.9 Å². The first-order valence-electron chi connectivity index (χ1n) is 22.3. The molecule has 4 nitrogen and oxygen atoms in total. The first kappa shape index (κ1) is 36.9. The molecule has 5 heteroatoms. The van der Waals surface area contributed by atoms with E-state index in [4.69, 9.17) is 15.0 Å². The maximum atomic E-state index is 5.48. The van der Waals surface area contributed by atoms with Crippen molar-refractivity contribution in [2.75, 3.05) is 0 Å². The molecule has 0 fully saturated rings. The van der Waals surface area contributed by atoms with Gasteiger partial charge in [-0.25, -0.2) is 4.98 Å². The van der Waals surface area contributed by atoms with Crippen molar-refractivity contribution in [3.8, 4) is 50.5 Å². The molecule has 14 aromatic rings. The molecule has 306 valence electrons. The summed E-state index contributed by atoms with van der Waals surface area (Å²) in [5.41, 5.74) is 13.6. The van der Waals surface area contributed by atoms with Crippen LogP contribution in [0.1, 0.15) is 0 Å². The average molecular weight is 857 g/mol. The summed E-state index contributed by atoms with van der Waals surface area (Å²) in [5.74, 6) is 0. The van der Waals surface area contributed by atoms with E-state index in [9.17, 15) is 0 Å². The van der Waals surface area contributed by atoms with Crippen molar-refractivity contribution in [1.29, 1.82) is 0 Å². The molecule has 14 rings (SSSR count). The van der Waals surface area contributed by atoms with Crippen LogP contribution in [0.15, 0.2) is 218 Å². The molecule has 0 saturated heterocycles. The average Bonchev–Trinajstić information content (AvgIpc) is 4.00. The first-order valence-corrected chi connectivity index (χ1v) is 23.2. The molecule has 5 aromatic heterocycles. The Kier molecular flexibility index (Phi) is 8.12. The monoisotopic (exact) mass is 856 g/mol. The molecule has 0 unspecified atom stereocenters. The second-order valence-corrected chi connectivity index (χ2v) is 18.1. The van der Waals surface area contributed by atoms with E-state index in [0.29, 0.717) is 0 Å². The number of fused-ring (bicyclic) bond motifs is 12. The molecule has 0 spiro atoms. The smallest absolute Gasteiger partial charge is 0.0795 e. The SMILES string of the molecule is c1ccc(-c2ccc3c(c2)c2cc4c5ccccc5c5cc(-c6cccc7ccsc67)ccc5c4cc2n3-c2cc(-c3cccc4cccnc34)nc(-c3cccc4cccnc34)c2)cc1. The molecule has 0 radical (unpaired) electrons. The Balaban J connectivity index is 1.10. The van der Waals surface area contributed by atoms with Crippen LogP contribution in [0.3, 0.4) is 0 Å². The lowest BCUT2D eigenvalue weighted by Crippen LogP contribution is -1.99. The van der Waals surface area contributed by atoms with Gasteiger partial charge in [-0.1, -0.05) is 140 Å². The molecule has 66 heavy (non-hydrogen) atoms. The number of benzene rings is 9. The van der Waals surface area contributed by atoms with E-state index in [0.717, 1.165) is 61.0 Å². The summed E-state index contributed by atoms with van der Waals surface area (Å²) in [6, 6.07) is 72.8. The van der Waals surface area contributed by atoms with Crippen molar-refractivity contribution < 1.29 is 0 Å². The standard InChI is InChI=1S/C61H36N4S/c1-2-11-37(12-3-1)41-24-26-57-53(31-41)54-35-51-46-19-5-4-18-45(46)50-32-42(44-20-8-15-40-27-30-66-61(40)44)23-25-47(50)52(51)36-58(54)65(57)43-33-55(48-21-6-13-38-16-9-28-62-59(38)48)64-56(34-43)49-22-7-14-39-17-10-29-63-60(39)49/h1-36H. The number of thiophene rings is 1. The summed E-state index contributed by atoms with van der Waals surface area (Å²) in [6.45, 7) is 0. The summed E-state index contributed by atoms with van der Waals surface area (Å²) in [5, 5.41) is 15.4. The van der Waals surface area contributed by atoms with E-state index in [1.54, 1.807) is 0 Å². The molecule has 0 aliphatic rings. The number of para-hydroxylation sites is 2. The Hall–Kier alpha value is -8.51. The molecule has 0 amide bonds. The Labute approximate surface area is 383 Å². The van der Waals surface area contributed by atoms with Crippen LogP contribution in [-0.4, -0.2) is 19.5 Å². The van der Waals surface area contributed by atoms with Crippen LogP contribution in [0.4, 0.5) is 0 Å². The van der Waals surface area contributed by atoms with Crippen LogP contribution in [-0.2, 0) is 0 Å². The number of hydrogen-bond acceptors (Lipinski definition) is 4. The molecule has 0 bridgehead atoms. The topological polar surface area (TPSA) is 43.6 Å². The summed E-state index contributed by atoms with van der Waals surface area (Å²) >= 11 is 1.81. The summed E-state index contributed by atoms with van der Waals surface area (Å²) in [4.78, 5) is 15.3. The van der Waals surface area contributed by atoms with Gasteiger partial charge in [0.1, 0.15) is 0 Å². The van der Waals surface area contributed by atoms with E-state index in [2.05, 4.69) is 198 Å².